The first-order valence-electron chi connectivity index (χ1n) is 9.84. The number of amides is 1. The number of piperidine rings is 1. The smallest absolute Gasteiger partial charge is 0.389 e. The van der Waals surface area contributed by atoms with Crippen LogP contribution in [0.1, 0.15) is 32.3 Å². The zero-order chi connectivity index (χ0) is 23.7. The van der Waals surface area contributed by atoms with Crippen molar-refractivity contribution in [3.63, 3.8) is 0 Å². The quantitative estimate of drug-likeness (QED) is 0.615. The van der Waals surface area contributed by atoms with Crippen LogP contribution in [0.4, 0.5) is 19.0 Å². The molecule has 2 aromatic rings. The zero-order valence-corrected chi connectivity index (χ0v) is 19.5. The van der Waals surface area contributed by atoms with Gasteiger partial charge in [0.2, 0.25) is 5.91 Å². The molecule has 0 spiro atoms. The molecule has 33 heavy (non-hydrogen) atoms. The molecule has 1 atom stereocenters. The lowest BCUT2D eigenvalue weighted by Crippen LogP contribution is -2.43. The highest BCUT2D eigenvalue weighted by Crippen LogP contribution is 2.29. The van der Waals surface area contributed by atoms with Crippen LogP contribution in [0.5, 0.6) is 0 Å². The number of aliphatic hydroxyl groups is 1. The predicted molar refractivity (Wildman–Crippen MR) is 115 cm³/mol. The minimum absolute atomic E-state index is 0. The summed E-state index contributed by atoms with van der Waals surface area (Å²) in [7, 11) is -3.96. The maximum atomic E-state index is 13.0. The lowest BCUT2D eigenvalue weighted by molar-refractivity contribution is -0.137. The van der Waals surface area contributed by atoms with E-state index in [4.69, 9.17) is 0 Å². The van der Waals surface area contributed by atoms with Crippen molar-refractivity contribution in [2.75, 3.05) is 18.4 Å². The summed E-state index contributed by atoms with van der Waals surface area (Å²) in [5, 5.41) is 12.1. The lowest BCUT2D eigenvalue weighted by atomic mass is 9.99. The highest BCUT2D eigenvalue weighted by molar-refractivity contribution is 7.89. The van der Waals surface area contributed by atoms with Crippen LogP contribution in [0.2, 0.25) is 0 Å². The van der Waals surface area contributed by atoms with E-state index in [1.165, 1.54) is 17.1 Å². The molecular weight excluding hydrogens is 487 g/mol. The van der Waals surface area contributed by atoms with E-state index < -0.39 is 39.2 Å². The summed E-state index contributed by atoms with van der Waals surface area (Å²) in [6.45, 7) is 3.44. The molecule has 1 saturated heterocycles. The standard InChI is InChI=1S/C19H24F3N5O4S.ClH/c1-18(2,29)11-26-10-16(24-12-26)32(30,31)27-7-3-4-13(9-27)17(28)25-15-6-5-14(8-23-15)19(20,21)22;/h5-6,8,10,12-13,29H,3-4,7,9,11H2,1-2H3,(H,23,25,28);1H/t13-;/m1./s1. The summed E-state index contributed by atoms with van der Waals surface area (Å²) in [5.74, 6) is -1.26. The van der Waals surface area contributed by atoms with Gasteiger partial charge in [0.15, 0.2) is 5.03 Å². The molecule has 184 valence electrons. The number of anilines is 1. The summed E-state index contributed by atoms with van der Waals surface area (Å²) < 4.78 is 66.5. The molecule has 2 N–H and O–H groups in total. The largest absolute Gasteiger partial charge is 0.417 e. The normalized spacial score (nSPS) is 17.9. The molecule has 0 aromatic carbocycles. The number of hydrogen-bond donors (Lipinski definition) is 2. The number of aromatic nitrogens is 3. The first-order valence-corrected chi connectivity index (χ1v) is 11.3. The maximum absolute atomic E-state index is 13.0. The number of alkyl halides is 3. The first kappa shape index (κ1) is 27.0. The third-order valence-electron chi connectivity index (χ3n) is 4.88. The topological polar surface area (TPSA) is 117 Å². The van der Waals surface area contributed by atoms with Crippen LogP contribution in [-0.2, 0) is 27.5 Å². The molecule has 3 heterocycles. The fourth-order valence-electron chi connectivity index (χ4n) is 3.38. The van der Waals surface area contributed by atoms with E-state index in [1.54, 1.807) is 13.8 Å². The van der Waals surface area contributed by atoms with Crippen molar-refractivity contribution in [1.82, 2.24) is 18.8 Å². The zero-order valence-electron chi connectivity index (χ0n) is 17.9. The van der Waals surface area contributed by atoms with E-state index >= 15 is 0 Å². The third kappa shape index (κ3) is 6.88. The van der Waals surface area contributed by atoms with Gasteiger partial charge in [0.05, 0.1) is 30.0 Å². The number of hydrogen-bond acceptors (Lipinski definition) is 6. The van der Waals surface area contributed by atoms with Gasteiger partial charge in [-0.2, -0.15) is 17.5 Å². The molecule has 3 rings (SSSR count). The van der Waals surface area contributed by atoms with Crippen molar-refractivity contribution < 1.29 is 31.5 Å². The monoisotopic (exact) mass is 511 g/mol. The van der Waals surface area contributed by atoms with Crippen molar-refractivity contribution in [3.05, 3.63) is 36.4 Å². The van der Waals surface area contributed by atoms with Gasteiger partial charge in [0.1, 0.15) is 5.82 Å². The third-order valence-corrected chi connectivity index (χ3v) is 6.63. The van der Waals surface area contributed by atoms with E-state index in [0.717, 1.165) is 16.4 Å². The van der Waals surface area contributed by atoms with Crippen molar-refractivity contribution in [3.8, 4) is 0 Å². The molecule has 9 nitrogen and oxygen atoms in total. The van der Waals surface area contributed by atoms with Crippen LogP contribution in [0, 0.1) is 5.92 Å². The maximum Gasteiger partial charge on any atom is 0.417 e. The van der Waals surface area contributed by atoms with E-state index in [9.17, 15) is 31.5 Å². The molecular formula is C19H25ClF3N5O4S. The van der Waals surface area contributed by atoms with Crippen LogP contribution in [0.15, 0.2) is 35.9 Å². The molecule has 0 unspecified atom stereocenters. The minimum Gasteiger partial charge on any atom is -0.389 e. The van der Waals surface area contributed by atoms with Crippen LogP contribution < -0.4 is 5.32 Å². The van der Waals surface area contributed by atoms with Crippen LogP contribution in [-0.4, -0.2) is 57.0 Å². The Morgan fingerprint density at radius 2 is 1.97 bits per heavy atom. The van der Waals surface area contributed by atoms with Gasteiger partial charge in [0, 0.05) is 25.5 Å². The lowest BCUT2D eigenvalue weighted by Gasteiger charge is -2.30. The number of nitrogens with one attached hydrogen (secondary N) is 1. The number of halogens is 4. The van der Waals surface area contributed by atoms with E-state index in [1.807, 2.05) is 0 Å². The molecule has 14 heteroatoms. The first-order chi connectivity index (χ1) is 14.8. The highest BCUT2D eigenvalue weighted by Gasteiger charge is 2.35. The van der Waals surface area contributed by atoms with Crippen molar-refractivity contribution >= 4 is 34.2 Å². The minimum atomic E-state index is -4.53. The number of rotatable bonds is 6. The van der Waals surface area contributed by atoms with Crippen molar-refractivity contribution in [1.29, 1.82) is 0 Å². The summed E-state index contributed by atoms with van der Waals surface area (Å²) >= 11 is 0. The Morgan fingerprint density at radius 3 is 2.55 bits per heavy atom. The second-order valence-electron chi connectivity index (χ2n) is 8.32. The van der Waals surface area contributed by atoms with Gasteiger partial charge in [-0.1, -0.05) is 0 Å². The number of imidazole rings is 1. The van der Waals surface area contributed by atoms with Gasteiger partial charge in [-0.15, -0.1) is 12.4 Å². The molecule has 1 amide bonds. The molecule has 2 aromatic heterocycles. The van der Waals surface area contributed by atoms with Crippen LogP contribution in [0.25, 0.3) is 0 Å². The van der Waals surface area contributed by atoms with E-state index in [2.05, 4.69) is 15.3 Å². The van der Waals surface area contributed by atoms with Gasteiger partial charge in [-0.3, -0.25) is 4.79 Å². The summed E-state index contributed by atoms with van der Waals surface area (Å²) in [6.07, 6.45) is -0.420. The number of carbonyl (C=O) groups is 1. The Balaban J connectivity index is 0.00000385. The van der Waals surface area contributed by atoms with Crippen LogP contribution >= 0.6 is 12.4 Å². The molecule has 1 aliphatic heterocycles. The average molecular weight is 512 g/mol. The number of pyridine rings is 1. The summed E-state index contributed by atoms with van der Waals surface area (Å²) in [4.78, 5) is 20.1. The molecule has 0 bridgehead atoms. The number of sulfonamides is 1. The van der Waals surface area contributed by atoms with Gasteiger partial charge < -0.3 is 15.0 Å². The second kappa shape index (κ2) is 9.95. The number of carbonyl (C=O) groups excluding carboxylic acids is 1. The Hall–Kier alpha value is -2.22. The molecule has 1 aliphatic rings. The molecule has 1 fully saturated rings. The Bertz CT molecular complexity index is 1070. The van der Waals surface area contributed by atoms with Gasteiger partial charge in [0.25, 0.3) is 10.0 Å². The fourth-order valence-corrected chi connectivity index (χ4v) is 4.84. The second-order valence-corrected chi connectivity index (χ2v) is 10.2. The molecule has 0 saturated carbocycles. The Labute approximate surface area is 195 Å². The number of nitrogens with zero attached hydrogens (tertiary/aromatic N) is 4. The Morgan fingerprint density at radius 1 is 1.27 bits per heavy atom. The van der Waals surface area contributed by atoms with Crippen molar-refractivity contribution in [2.24, 2.45) is 5.92 Å². The van der Waals surface area contributed by atoms with E-state index in [-0.39, 0.29) is 42.9 Å². The highest BCUT2D eigenvalue weighted by atomic mass is 35.5. The molecule has 0 radical (unpaired) electrons. The van der Waals surface area contributed by atoms with Gasteiger partial charge in [-0.05, 0) is 38.8 Å². The summed E-state index contributed by atoms with van der Waals surface area (Å²) in [6, 6.07) is 1.86. The van der Waals surface area contributed by atoms with Crippen molar-refractivity contribution in [2.45, 2.75) is 50.0 Å². The van der Waals surface area contributed by atoms with Gasteiger partial charge in [-0.25, -0.2) is 18.4 Å². The predicted octanol–water partition coefficient (Wildman–Crippen LogP) is 2.53. The SMILES string of the molecule is CC(C)(O)Cn1cnc(S(=O)(=O)N2CCC[C@@H](C(=O)Nc3ccc(C(F)(F)F)cn3)C2)c1.Cl. The van der Waals surface area contributed by atoms with Crippen LogP contribution in [0.3, 0.4) is 0 Å². The summed E-state index contributed by atoms with van der Waals surface area (Å²) in [5.41, 5.74) is -1.99. The Kier molecular flexibility index (Phi) is 8.15. The molecule has 0 aliphatic carbocycles. The van der Waals surface area contributed by atoms with E-state index in [0.29, 0.717) is 19.0 Å². The fraction of sp³-hybridized carbons (Fsp3) is 0.526. The average Bonchev–Trinajstić information content (AvgIpc) is 3.15. The van der Waals surface area contributed by atoms with Gasteiger partial charge >= 0.3 is 6.18 Å².